The summed E-state index contributed by atoms with van der Waals surface area (Å²) in [5, 5.41) is 0. The van der Waals surface area contributed by atoms with Crippen molar-refractivity contribution in [3.63, 3.8) is 0 Å². The van der Waals surface area contributed by atoms with Gasteiger partial charge in [-0.2, -0.15) is 0 Å². The van der Waals surface area contributed by atoms with Crippen molar-refractivity contribution in [3.05, 3.63) is 109 Å². The first-order valence-electron chi connectivity index (χ1n) is 12.3. The molecule has 0 spiro atoms. The fourth-order valence-corrected chi connectivity index (χ4v) is 6.01. The van der Waals surface area contributed by atoms with Gasteiger partial charge in [-0.05, 0) is 62.2 Å². The molecule has 0 unspecified atom stereocenters. The van der Waals surface area contributed by atoms with Crippen molar-refractivity contribution in [3.8, 4) is 11.4 Å². The summed E-state index contributed by atoms with van der Waals surface area (Å²) >= 11 is 0. The summed E-state index contributed by atoms with van der Waals surface area (Å²) in [6.45, 7) is 4.86. The number of hydrogen-bond donors (Lipinski definition) is 0. The zero-order chi connectivity index (χ0) is 23.5. The van der Waals surface area contributed by atoms with E-state index in [0.29, 0.717) is 0 Å². The predicted molar refractivity (Wildman–Crippen MR) is 150 cm³/mol. The lowest BCUT2D eigenvalue weighted by Gasteiger charge is -2.56. The molecule has 8 heteroatoms. The van der Waals surface area contributed by atoms with Gasteiger partial charge in [0.2, 0.25) is 0 Å². The second-order valence-corrected chi connectivity index (χ2v) is 9.31. The van der Waals surface area contributed by atoms with Gasteiger partial charge < -0.3 is 18.6 Å². The van der Waals surface area contributed by atoms with Crippen molar-refractivity contribution in [2.45, 2.75) is 13.6 Å². The first-order valence-corrected chi connectivity index (χ1v) is 12.3. The third kappa shape index (κ3) is 2.89. The van der Waals surface area contributed by atoms with E-state index in [1.165, 1.54) is 22.6 Å². The molecule has 3 heterocycles. The van der Waals surface area contributed by atoms with Crippen LogP contribution in [0.5, 0.6) is 0 Å². The maximum Gasteiger partial charge on any atom is 0.487 e. The number of para-hydroxylation sites is 5. The number of nitrogens with zero attached hydrogens (tertiary/aromatic N) is 5. The summed E-state index contributed by atoms with van der Waals surface area (Å²) in [5.74, 6) is 1.02. The van der Waals surface area contributed by atoms with Crippen molar-refractivity contribution < 1.29 is 0 Å². The second-order valence-electron chi connectivity index (χ2n) is 9.31. The molecule has 4 aromatic carbocycles. The highest BCUT2D eigenvalue weighted by Crippen LogP contribution is 2.43. The van der Waals surface area contributed by atoms with Crippen LogP contribution in [0.4, 0.5) is 17.1 Å². The normalized spacial score (nSPS) is 14.8. The van der Waals surface area contributed by atoms with Crippen LogP contribution in [0, 0.1) is 0 Å². The standard InChI is InChI=1S/C27H24B3N5/c1-28-33(21-13-5-3-6-14-21)29(2)35-25-19-11-9-17-23(25)27-31-24-18-10-12-20-26(24)32(27)30(35)34(28)22-15-7-4-8-16-22/h3-20H,1-2H3. The molecule has 0 bridgehead atoms. The number of fused-ring (bicyclic) bond motifs is 8. The minimum absolute atomic E-state index is 0.0559. The number of rotatable bonds is 2. The maximum atomic E-state index is 5.14. The molecule has 1 fully saturated rings. The molecule has 0 saturated carbocycles. The van der Waals surface area contributed by atoms with Gasteiger partial charge in [0.15, 0.2) is 0 Å². The smallest absolute Gasteiger partial charge is 0.425 e. The third-order valence-electron chi connectivity index (χ3n) is 7.47. The summed E-state index contributed by atoms with van der Waals surface area (Å²) < 4.78 is 10.0. The molecule has 0 N–H and O–H groups in total. The molecule has 35 heavy (non-hydrogen) atoms. The van der Waals surface area contributed by atoms with E-state index >= 15 is 0 Å². The van der Waals surface area contributed by atoms with Crippen molar-refractivity contribution >= 4 is 49.2 Å². The summed E-state index contributed by atoms with van der Waals surface area (Å²) in [5.41, 5.74) is 6.96. The van der Waals surface area contributed by atoms with Crippen LogP contribution in [-0.4, -0.2) is 30.5 Å². The Labute approximate surface area is 207 Å². The van der Waals surface area contributed by atoms with Gasteiger partial charge in [0.05, 0.1) is 11.0 Å². The molecule has 2 aliphatic rings. The Morgan fingerprint density at radius 1 is 0.571 bits per heavy atom. The van der Waals surface area contributed by atoms with Crippen LogP contribution in [-0.2, 0) is 0 Å². The van der Waals surface area contributed by atoms with E-state index in [2.05, 4.69) is 141 Å². The number of aromatic nitrogens is 2. The summed E-state index contributed by atoms with van der Waals surface area (Å²) in [4.78, 5) is 5.14. The average Bonchev–Trinajstić information content (AvgIpc) is 3.30. The van der Waals surface area contributed by atoms with Gasteiger partial charge >= 0.3 is 21.1 Å². The lowest BCUT2D eigenvalue weighted by Crippen LogP contribution is -2.80. The molecule has 5 aromatic rings. The first kappa shape index (κ1) is 20.3. The number of imidazole rings is 1. The summed E-state index contributed by atoms with van der Waals surface area (Å²) in [6.07, 6.45) is 0. The predicted octanol–water partition coefficient (Wildman–Crippen LogP) is 5.62. The highest BCUT2D eigenvalue weighted by Gasteiger charge is 2.54. The van der Waals surface area contributed by atoms with E-state index in [0.717, 1.165) is 16.9 Å². The van der Waals surface area contributed by atoms with Gasteiger partial charge in [-0.3, -0.25) is 0 Å². The van der Waals surface area contributed by atoms with Crippen molar-refractivity contribution in [2.24, 2.45) is 0 Å². The van der Waals surface area contributed by atoms with Gasteiger partial charge in [0.1, 0.15) is 5.82 Å². The van der Waals surface area contributed by atoms with Gasteiger partial charge in [0, 0.05) is 22.6 Å². The molecule has 1 saturated heterocycles. The van der Waals surface area contributed by atoms with Gasteiger partial charge in [-0.25, -0.2) is 4.98 Å². The van der Waals surface area contributed by atoms with Gasteiger partial charge in [-0.1, -0.05) is 60.7 Å². The third-order valence-corrected chi connectivity index (χ3v) is 7.47. The molecule has 0 radical (unpaired) electrons. The molecule has 1 aromatic heterocycles. The Morgan fingerprint density at radius 2 is 1.14 bits per heavy atom. The number of hydrogen-bond acceptors (Lipinski definition) is 4. The monoisotopic (exact) mass is 451 g/mol. The molecular weight excluding hydrogens is 427 g/mol. The zero-order valence-electron chi connectivity index (χ0n) is 19.9. The molecule has 0 amide bonds. The molecule has 7 rings (SSSR count). The Balaban J connectivity index is 1.54. The van der Waals surface area contributed by atoms with Crippen molar-refractivity contribution in [1.29, 1.82) is 0 Å². The topological polar surface area (TPSA) is 27.5 Å². The Bertz CT molecular complexity index is 1510. The molecule has 2 aliphatic heterocycles. The van der Waals surface area contributed by atoms with Crippen LogP contribution in [0.3, 0.4) is 0 Å². The van der Waals surface area contributed by atoms with Crippen molar-refractivity contribution in [2.75, 3.05) is 14.2 Å². The van der Waals surface area contributed by atoms with E-state index in [-0.39, 0.29) is 21.1 Å². The Kier molecular flexibility index (Phi) is 4.49. The quantitative estimate of drug-likeness (QED) is 0.326. The van der Waals surface area contributed by atoms with E-state index in [9.17, 15) is 0 Å². The molecule has 0 atom stereocenters. The number of anilines is 3. The van der Waals surface area contributed by atoms with Crippen LogP contribution < -0.4 is 14.2 Å². The molecule has 0 aliphatic carbocycles. The fraction of sp³-hybridized carbons (Fsp3) is 0.0741. The summed E-state index contributed by atoms with van der Waals surface area (Å²) in [7, 11) is -0.0559. The second kappa shape index (κ2) is 7.74. The molecule has 166 valence electrons. The SMILES string of the molecule is CB1N(c2ccccc2)B(C)N2B(N1c1ccccc1)n1c(nc3ccccc31)-c1ccccc12. The van der Waals surface area contributed by atoms with Crippen LogP contribution >= 0.6 is 0 Å². The van der Waals surface area contributed by atoms with Crippen molar-refractivity contribution in [1.82, 2.24) is 9.46 Å². The van der Waals surface area contributed by atoms with Crippen LogP contribution in [0.15, 0.2) is 109 Å². The highest BCUT2D eigenvalue weighted by molar-refractivity contribution is 7.04. The summed E-state index contributed by atoms with van der Waals surface area (Å²) in [6, 6.07) is 38.7. The number of benzene rings is 4. The maximum absolute atomic E-state index is 5.14. The fourth-order valence-electron chi connectivity index (χ4n) is 6.01. The Morgan fingerprint density at radius 3 is 1.89 bits per heavy atom. The van der Waals surface area contributed by atoms with Gasteiger partial charge in [-0.15, -0.1) is 0 Å². The lowest BCUT2D eigenvalue weighted by atomic mass is 9.46. The van der Waals surface area contributed by atoms with Crippen LogP contribution in [0.25, 0.3) is 22.4 Å². The zero-order valence-corrected chi connectivity index (χ0v) is 19.9. The van der Waals surface area contributed by atoms with Gasteiger partial charge in [0.25, 0.3) is 0 Å². The highest BCUT2D eigenvalue weighted by atomic mass is 15.4. The first-order chi connectivity index (χ1) is 17.2. The average molecular weight is 451 g/mol. The van der Waals surface area contributed by atoms with Crippen LogP contribution in [0.2, 0.25) is 13.6 Å². The van der Waals surface area contributed by atoms with Crippen LogP contribution in [0.1, 0.15) is 0 Å². The van der Waals surface area contributed by atoms with E-state index in [4.69, 9.17) is 4.98 Å². The largest absolute Gasteiger partial charge is 0.487 e. The molecular formula is C27H24B3N5. The minimum atomic E-state index is -0.0559. The van der Waals surface area contributed by atoms with E-state index < -0.39 is 0 Å². The minimum Gasteiger partial charge on any atom is -0.425 e. The Hall–Kier alpha value is -4.06. The molecule has 5 nitrogen and oxygen atoms in total. The lowest BCUT2D eigenvalue weighted by molar-refractivity contribution is 1.10. The van der Waals surface area contributed by atoms with E-state index in [1.807, 2.05) is 0 Å². The van der Waals surface area contributed by atoms with E-state index in [1.54, 1.807) is 0 Å².